The van der Waals surface area contributed by atoms with E-state index in [1.54, 1.807) is 12.1 Å². The number of para-hydroxylation sites is 1. The number of piperidine rings is 1. The second kappa shape index (κ2) is 10.2. The third-order valence-electron chi connectivity index (χ3n) is 5.56. The van der Waals surface area contributed by atoms with E-state index in [0.29, 0.717) is 37.6 Å². The van der Waals surface area contributed by atoms with Crippen LogP contribution in [0, 0.1) is 5.92 Å². The first-order valence-corrected chi connectivity index (χ1v) is 12.7. The Balaban J connectivity index is 1.53. The second-order valence-electron chi connectivity index (χ2n) is 9.04. The highest BCUT2D eigenvalue weighted by molar-refractivity contribution is 7.89. The van der Waals surface area contributed by atoms with Crippen molar-refractivity contribution in [2.45, 2.75) is 43.9 Å². The number of sulfonamides is 1. The maximum atomic E-state index is 12.9. The Labute approximate surface area is 196 Å². The molecule has 1 fully saturated rings. The Morgan fingerprint density at radius 2 is 1.84 bits per heavy atom. The summed E-state index contributed by atoms with van der Waals surface area (Å²) >= 11 is 5.87. The van der Waals surface area contributed by atoms with Crippen molar-refractivity contribution < 1.29 is 17.9 Å². The van der Waals surface area contributed by atoms with Crippen molar-refractivity contribution >= 4 is 27.5 Å². The molecule has 6 nitrogen and oxygen atoms in total. The molecule has 32 heavy (non-hydrogen) atoms. The average Bonchev–Trinajstić information content (AvgIpc) is 2.76. The monoisotopic (exact) mass is 478 g/mol. The van der Waals surface area contributed by atoms with Crippen LogP contribution in [0.2, 0.25) is 5.02 Å². The lowest BCUT2D eigenvalue weighted by molar-refractivity contribution is -0.126. The van der Waals surface area contributed by atoms with Gasteiger partial charge in [0, 0.05) is 18.1 Å². The fourth-order valence-electron chi connectivity index (χ4n) is 3.82. The van der Waals surface area contributed by atoms with Crippen LogP contribution in [0.15, 0.2) is 53.4 Å². The Hall–Kier alpha value is -2.09. The molecule has 1 saturated heterocycles. The number of halogens is 1. The van der Waals surface area contributed by atoms with Gasteiger partial charge in [0.15, 0.2) is 0 Å². The molecule has 174 valence electrons. The molecule has 3 rings (SSSR count). The molecule has 8 heteroatoms. The highest BCUT2D eigenvalue weighted by atomic mass is 35.5. The standard InChI is InChI=1S/C24H31ClN2O4S/c1-24(2,3)21-8-4-5-9-22(21)31-16-14-26-23(28)18-7-6-15-27(17-18)32(29,30)20-12-10-19(25)11-13-20/h4-5,8-13,18H,6-7,14-17H2,1-3H3,(H,26,28)/t18-/m1/s1. The van der Waals surface area contributed by atoms with Crippen molar-refractivity contribution in [3.63, 3.8) is 0 Å². The van der Waals surface area contributed by atoms with E-state index >= 15 is 0 Å². The third kappa shape index (κ3) is 6.03. The van der Waals surface area contributed by atoms with E-state index in [1.165, 1.54) is 16.4 Å². The zero-order valence-corrected chi connectivity index (χ0v) is 20.4. The summed E-state index contributed by atoms with van der Waals surface area (Å²) in [6.45, 7) is 7.67. The van der Waals surface area contributed by atoms with Crippen molar-refractivity contribution in [1.82, 2.24) is 9.62 Å². The molecule has 0 aliphatic carbocycles. The number of ether oxygens (including phenoxy) is 1. The number of hydrogen-bond donors (Lipinski definition) is 1. The average molecular weight is 479 g/mol. The molecule has 0 radical (unpaired) electrons. The number of amides is 1. The van der Waals surface area contributed by atoms with Crippen molar-refractivity contribution in [2.24, 2.45) is 5.92 Å². The third-order valence-corrected chi connectivity index (χ3v) is 7.69. The van der Waals surface area contributed by atoms with E-state index in [2.05, 4.69) is 26.1 Å². The van der Waals surface area contributed by atoms with Crippen LogP contribution in [0.3, 0.4) is 0 Å². The van der Waals surface area contributed by atoms with Crippen LogP contribution in [0.1, 0.15) is 39.2 Å². The first kappa shape index (κ1) is 24.6. The number of carbonyl (C=O) groups is 1. The van der Waals surface area contributed by atoms with Crippen LogP contribution in [-0.4, -0.2) is 44.9 Å². The minimum absolute atomic E-state index is 0.0407. The fraction of sp³-hybridized carbons (Fsp3) is 0.458. The summed E-state index contributed by atoms with van der Waals surface area (Å²) in [5.74, 6) is 0.286. The minimum Gasteiger partial charge on any atom is -0.491 e. The van der Waals surface area contributed by atoms with Crippen LogP contribution in [0.4, 0.5) is 0 Å². The molecule has 0 bridgehead atoms. The number of nitrogens with zero attached hydrogens (tertiary/aromatic N) is 1. The van der Waals surface area contributed by atoms with Gasteiger partial charge in [0.05, 0.1) is 17.4 Å². The van der Waals surface area contributed by atoms with E-state index in [4.69, 9.17) is 16.3 Å². The predicted octanol–water partition coefficient (Wildman–Crippen LogP) is 4.23. The van der Waals surface area contributed by atoms with E-state index < -0.39 is 10.0 Å². The van der Waals surface area contributed by atoms with Crippen LogP contribution < -0.4 is 10.1 Å². The van der Waals surface area contributed by atoms with Gasteiger partial charge in [-0.2, -0.15) is 4.31 Å². The second-order valence-corrected chi connectivity index (χ2v) is 11.4. The van der Waals surface area contributed by atoms with Gasteiger partial charge in [-0.25, -0.2) is 8.42 Å². The summed E-state index contributed by atoms with van der Waals surface area (Å²) in [4.78, 5) is 12.9. The van der Waals surface area contributed by atoms with Crippen LogP contribution in [0.25, 0.3) is 0 Å². The molecule has 1 N–H and O–H groups in total. The zero-order valence-electron chi connectivity index (χ0n) is 18.8. The predicted molar refractivity (Wildman–Crippen MR) is 127 cm³/mol. The van der Waals surface area contributed by atoms with Gasteiger partial charge < -0.3 is 10.1 Å². The van der Waals surface area contributed by atoms with E-state index in [1.807, 2.05) is 24.3 Å². The largest absolute Gasteiger partial charge is 0.491 e. The summed E-state index contributed by atoms with van der Waals surface area (Å²) in [6, 6.07) is 14.0. The lowest BCUT2D eigenvalue weighted by Crippen LogP contribution is -2.46. The van der Waals surface area contributed by atoms with E-state index in [9.17, 15) is 13.2 Å². The summed E-state index contributed by atoms with van der Waals surface area (Å²) in [5.41, 5.74) is 1.07. The van der Waals surface area contributed by atoms with Gasteiger partial charge in [0.1, 0.15) is 12.4 Å². The maximum absolute atomic E-state index is 12.9. The first-order valence-electron chi connectivity index (χ1n) is 10.8. The first-order chi connectivity index (χ1) is 15.1. The summed E-state index contributed by atoms with van der Waals surface area (Å²) in [5, 5.41) is 3.38. The molecule has 0 spiro atoms. The highest BCUT2D eigenvalue weighted by Crippen LogP contribution is 2.31. The Kier molecular flexibility index (Phi) is 7.85. The molecule has 0 unspecified atom stereocenters. The Morgan fingerprint density at radius 1 is 1.16 bits per heavy atom. The fourth-order valence-corrected chi connectivity index (χ4v) is 5.47. The molecule has 0 aromatic heterocycles. The number of carbonyl (C=O) groups excluding carboxylic acids is 1. The van der Waals surface area contributed by atoms with Gasteiger partial charge in [-0.3, -0.25) is 4.79 Å². The Bertz CT molecular complexity index is 1030. The van der Waals surface area contributed by atoms with Crippen molar-refractivity contribution in [3.8, 4) is 5.75 Å². The summed E-state index contributed by atoms with van der Waals surface area (Å²) < 4.78 is 33.2. The number of benzene rings is 2. The molecule has 2 aromatic rings. The summed E-state index contributed by atoms with van der Waals surface area (Å²) in [6.07, 6.45) is 1.30. The van der Waals surface area contributed by atoms with Crippen molar-refractivity contribution in [3.05, 3.63) is 59.1 Å². The Morgan fingerprint density at radius 3 is 2.53 bits per heavy atom. The minimum atomic E-state index is -3.66. The smallest absolute Gasteiger partial charge is 0.243 e. The molecule has 0 saturated carbocycles. The summed E-state index contributed by atoms with van der Waals surface area (Å²) in [7, 11) is -3.66. The molecule has 1 heterocycles. The van der Waals surface area contributed by atoms with Gasteiger partial charge >= 0.3 is 0 Å². The van der Waals surface area contributed by atoms with Gasteiger partial charge in [0.25, 0.3) is 0 Å². The molecular weight excluding hydrogens is 448 g/mol. The topological polar surface area (TPSA) is 75.7 Å². The quantitative estimate of drug-likeness (QED) is 0.604. The SMILES string of the molecule is CC(C)(C)c1ccccc1OCCNC(=O)[C@@H]1CCCN(S(=O)(=O)c2ccc(Cl)cc2)C1. The van der Waals surface area contributed by atoms with Crippen LogP contribution in [-0.2, 0) is 20.2 Å². The lowest BCUT2D eigenvalue weighted by Gasteiger charge is -2.31. The normalized spacial score (nSPS) is 17.7. The van der Waals surface area contributed by atoms with E-state index in [-0.39, 0.29) is 28.7 Å². The van der Waals surface area contributed by atoms with Gasteiger partial charge in [-0.05, 0) is 54.2 Å². The van der Waals surface area contributed by atoms with Gasteiger partial charge in [0.2, 0.25) is 15.9 Å². The van der Waals surface area contributed by atoms with E-state index in [0.717, 1.165) is 11.3 Å². The molecular formula is C24H31ClN2O4S. The van der Waals surface area contributed by atoms with Crippen LogP contribution >= 0.6 is 11.6 Å². The van der Waals surface area contributed by atoms with Gasteiger partial charge in [-0.1, -0.05) is 50.6 Å². The number of hydrogen-bond acceptors (Lipinski definition) is 4. The number of nitrogens with one attached hydrogen (secondary N) is 1. The highest BCUT2D eigenvalue weighted by Gasteiger charge is 2.33. The molecule has 1 aliphatic heterocycles. The molecule has 2 aromatic carbocycles. The van der Waals surface area contributed by atoms with Crippen molar-refractivity contribution in [1.29, 1.82) is 0 Å². The van der Waals surface area contributed by atoms with Gasteiger partial charge in [-0.15, -0.1) is 0 Å². The maximum Gasteiger partial charge on any atom is 0.243 e. The molecule has 1 amide bonds. The molecule has 1 atom stereocenters. The lowest BCUT2D eigenvalue weighted by atomic mass is 9.86. The van der Waals surface area contributed by atoms with Crippen molar-refractivity contribution in [2.75, 3.05) is 26.2 Å². The number of rotatable bonds is 7. The zero-order chi connectivity index (χ0) is 23.4. The van der Waals surface area contributed by atoms with Crippen LogP contribution in [0.5, 0.6) is 5.75 Å². The molecule has 1 aliphatic rings.